The van der Waals surface area contributed by atoms with E-state index in [2.05, 4.69) is 15.5 Å². The lowest BCUT2D eigenvalue weighted by atomic mass is 10.1. The topological polar surface area (TPSA) is 73.0 Å². The molecular weight excluding hydrogens is 427 g/mol. The number of amides is 1. The molecule has 0 aliphatic carbocycles. The molecule has 2 aromatic heterocycles. The van der Waals surface area contributed by atoms with E-state index < -0.39 is 0 Å². The van der Waals surface area contributed by atoms with Gasteiger partial charge in [0.05, 0.1) is 12.0 Å². The molecule has 4 rings (SSSR count). The summed E-state index contributed by atoms with van der Waals surface area (Å²) in [6.45, 7) is 4.02. The van der Waals surface area contributed by atoms with Crippen LogP contribution in [0.5, 0.6) is 0 Å². The van der Waals surface area contributed by atoms with Gasteiger partial charge in [-0.25, -0.2) is 4.39 Å². The smallest absolute Gasteiger partial charge is 0.251 e. The minimum Gasteiger partial charge on any atom is -0.461 e. The van der Waals surface area contributed by atoms with Crippen LogP contribution in [0.15, 0.2) is 76.5 Å². The monoisotopic (exact) mass is 450 g/mol. The van der Waals surface area contributed by atoms with E-state index in [0.29, 0.717) is 28.1 Å². The molecule has 8 heteroatoms. The van der Waals surface area contributed by atoms with Crippen LogP contribution in [0.4, 0.5) is 4.39 Å². The summed E-state index contributed by atoms with van der Waals surface area (Å²) in [5.41, 5.74) is 2.42. The SMILES string of the molecule is CC[C@@H](C)NC(=O)c1ccc(CSc2nnc(-c3ccco3)n2-c2ccc(F)cc2)cc1. The molecule has 0 fully saturated rings. The summed E-state index contributed by atoms with van der Waals surface area (Å²) in [6, 6.07) is 17.4. The van der Waals surface area contributed by atoms with Crippen molar-refractivity contribution in [2.24, 2.45) is 0 Å². The summed E-state index contributed by atoms with van der Waals surface area (Å²) >= 11 is 1.50. The normalized spacial score (nSPS) is 12.0. The van der Waals surface area contributed by atoms with Crippen LogP contribution < -0.4 is 5.32 Å². The van der Waals surface area contributed by atoms with Gasteiger partial charge in [0.15, 0.2) is 10.9 Å². The second kappa shape index (κ2) is 9.82. The van der Waals surface area contributed by atoms with E-state index in [1.165, 1.54) is 23.9 Å². The molecule has 0 radical (unpaired) electrons. The zero-order chi connectivity index (χ0) is 22.5. The number of nitrogens with zero attached hydrogens (tertiary/aromatic N) is 3. The second-order valence-electron chi connectivity index (χ2n) is 7.36. The van der Waals surface area contributed by atoms with Crippen LogP contribution in [0, 0.1) is 5.82 Å². The molecule has 0 spiro atoms. The molecule has 6 nitrogen and oxygen atoms in total. The van der Waals surface area contributed by atoms with Crippen LogP contribution in [-0.2, 0) is 5.75 Å². The number of aromatic nitrogens is 3. The fourth-order valence-electron chi connectivity index (χ4n) is 3.06. The van der Waals surface area contributed by atoms with Gasteiger partial charge in [-0.3, -0.25) is 9.36 Å². The minimum absolute atomic E-state index is 0.0716. The Balaban J connectivity index is 1.53. The van der Waals surface area contributed by atoms with E-state index in [1.54, 1.807) is 24.5 Å². The molecule has 1 amide bonds. The average Bonchev–Trinajstić information content (AvgIpc) is 3.48. The maximum Gasteiger partial charge on any atom is 0.251 e. The van der Waals surface area contributed by atoms with Gasteiger partial charge in [-0.05, 0) is 67.4 Å². The van der Waals surface area contributed by atoms with Crippen molar-refractivity contribution in [2.45, 2.75) is 37.2 Å². The Hall–Kier alpha value is -3.39. The lowest BCUT2D eigenvalue weighted by Gasteiger charge is -2.12. The largest absolute Gasteiger partial charge is 0.461 e. The van der Waals surface area contributed by atoms with Gasteiger partial charge >= 0.3 is 0 Å². The first kappa shape index (κ1) is 21.8. The Morgan fingerprint density at radius 3 is 2.53 bits per heavy atom. The molecule has 0 aliphatic rings. The van der Waals surface area contributed by atoms with Gasteiger partial charge in [0.1, 0.15) is 5.82 Å². The van der Waals surface area contributed by atoms with Gasteiger partial charge in [-0.15, -0.1) is 10.2 Å². The van der Waals surface area contributed by atoms with Crippen LogP contribution in [0.3, 0.4) is 0 Å². The molecule has 164 valence electrons. The molecule has 2 aromatic carbocycles. The first-order valence-corrected chi connectivity index (χ1v) is 11.3. The molecule has 1 atom stereocenters. The van der Waals surface area contributed by atoms with E-state index in [1.807, 2.05) is 48.7 Å². The quantitative estimate of drug-likeness (QED) is 0.360. The third kappa shape index (κ3) is 4.91. The van der Waals surface area contributed by atoms with E-state index in [-0.39, 0.29) is 17.8 Å². The summed E-state index contributed by atoms with van der Waals surface area (Å²) in [6.07, 6.45) is 2.46. The van der Waals surface area contributed by atoms with Gasteiger partial charge in [-0.1, -0.05) is 30.8 Å². The highest BCUT2D eigenvalue weighted by Crippen LogP contribution is 2.30. The number of rotatable bonds is 8. The van der Waals surface area contributed by atoms with E-state index in [4.69, 9.17) is 4.42 Å². The van der Waals surface area contributed by atoms with Gasteiger partial charge in [0, 0.05) is 17.4 Å². The highest BCUT2D eigenvalue weighted by atomic mass is 32.2. The molecule has 32 heavy (non-hydrogen) atoms. The molecule has 4 aromatic rings. The van der Waals surface area contributed by atoms with Crippen LogP contribution in [0.25, 0.3) is 17.3 Å². The fraction of sp³-hybridized carbons (Fsp3) is 0.208. The summed E-state index contributed by atoms with van der Waals surface area (Å²) < 4.78 is 20.8. The van der Waals surface area contributed by atoms with E-state index >= 15 is 0 Å². The van der Waals surface area contributed by atoms with Crippen molar-refractivity contribution in [3.63, 3.8) is 0 Å². The third-order valence-corrected chi connectivity index (χ3v) is 6.03. The number of hydrogen-bond acceptors (Lipinski definition) is 5. The van der Waals surface area contributed by atoms with Gasteiger partial charge < -0.3 is 9.73 Å². The number of carbonyl (C=O) groups is 1. The zero-order valence-corrected chi connectivity index (χ0v) is 18.6. The Morgan fingerprint density at radius 1 is 1.12 bits per heavy atom. The van der Waals surface area contributed by atoms with Crippen molar-refractivity contribution in [3.05, 3.63) is 83.9 Å². The summed E-state index contributed by atoms with van der Waals surface area (Å²) in [5, 5.41) is 12.2. The van der Waals surface area contributed by atoms with Crippen molar-refractivity contribution >= 4 is 17.7 Å². The first-order valence-electron chi connectivity index (χ1n) is 10.3. The molecule has 0 aliphatic heterocycles. The highest BCUT2D eigenvalue weighted by molar-refractivity contribution is 7.98. The summed E-state index contributed by atoms with van der Waals surface area (Å²) in [4.78, 5) is 12.3. The fourth-order valence-corrected chi connectivity index (χ4v) is 3.97. The minimum atomic E-state index is -0.312. The number of nitrogens with one attached hydrogen (secondary N) is 1. The number of hydrogen-bond donors (Lipinski definition) is 1. The molecule has 1 N–H and O–H groups in total. The first-order chi connectivity index (χ1) is 15.5. The van der Waals surface area contributed by atoms with Crippen LogP contribution >= 0.6 is 11.8 Å². The van der Waals surface area contributed by atoms with Gasteiger partial charge in [-0.2, -0.15) is 0 Å². The molecule has 0 unspecified atom stereocenters. The van der Waals surface area contributed by atoms with Crippen LogP contribution in [0.2, 0.25) is 0 Å². The standard InChI is InChI=1S/C24H23FN4O2S/c1-3-16(2)26-23(30)18-8-6-17(7-9-18)15-32-24-28-27-22(21-5-4-14-31-21)29(24)20-12-10-19(25)11-13-20/h4-14,16H,3,15H2,1-2H3,(H,26,30)/t16-/m1/s1. The maximum atomic E-state index is 13.5. The summed E-state index contributed by atoms with van der Waals surface area (Å²) in [5.74, 6) is 1.36. The van der Waals surface area contributed by atoms with Crippen molar-refractivity contribution in [1.29, 1.82) is 0 Å². The number of benzene rings is 2. The maximum absolute atomic E-state index is 13.5. The molecule has 0 saturated heterocycles. The Morgan fingerprint density at radius 2 is 1.88 bits per heavy atom. The number of carbonyl (C=O) groups excluding carboxylic acids is 1. The molecular formula is C24H23FN4O2S. The number of halogens is 1. The van der Waals surface area contributed by atoms with Crippen LogP contribution in [-0.4, -0.2) is 26.7 Å². The van der Waals surface area contributed by atoms with Crippen molar-refractivity contribution in [2.75, 3.05) is 0 Å². The molecule has 0 saturated carbocycles. The third-order valence-electron chi connectivity index (χ3n) is 5.03. The summed E-state index contributed by atoms with van der Waals surface area (Å²) in [7, 11) is 0. The number of furan rings is 1. The van der Waals surface area contributed by atoms with E-state index in [9.17, 15) is 9.18 Å². The predicted octanol–water partition coefficient (Wildman–Crippen LogP) is 5.49. The van der Waals surface area contributed by atoms with Crippen molar-refractivity contribution in [1.82, 2.24) is 20.1 Å². The zero-order valence-electron chi connectivity index (χ0n) is 17.8. The number of thioether (sulfide) groups is 1. The van der Waals surface area contributed by atoms with Crippen molar-refractivity contribution < 1.29 is 13.6 Å². The van der Waals surface area contributed by atoms with E-state index in [0.717, 1.165) is 17.7 Å². The van der Waals surface area contributed by atoms with Crippen LogP contribution in [0.1, 0.15) is 36.2 Å². The van der Waals surface area contributed by atoms with Gasteiger partial charge in [0.2, 0.25) is 5.82 Å². The lowest BCUT2D eigenvalue weighted by Crippen LogP contribution is -2.31. The Bertz CT molecular complexity index is 1170. The predicted molar refractivity (Wildman–Crippen MR) is 122 cm³/mol. The average molecular weight is 451 g/mol. The second-order valence-corrected chi connectivity index (χ2v) is 8.31. The van der Waals surface area contributed by atoms with Gasteiger partial charge in [0.25, 0.3) is 5.91 Å². The highest BCUT2D eigenvalue weighted by Gasteiger charge is 2.18. The lowest BCUT2D eigenvalue weighted by molar-refractivity contribution is 0.0939. The Kier molecular flexibility index (Phi) is 6.70. The molecule has 0 bridgehead atoms. The molecule has 2 heterocycles. The van der Waals surface area contributed by atoms with Crippen molar-refractivity contribution in [3.8, 4) is 17.3 Å². The Labute approximate surface area is 189 Å².